The van der Waals surface area contributed by atoms with Crippen LogP contribution < -0.4 is 12.4 Å². The van der Waals surface area contributed by atoms with Crippen LogP contribution in [-0.4, -0.2) is 22.6 Å². The van der Waals surface area contributed by atoms with Gasteiger partial charge in [-0.2, -0.15) is 0 Å². The molecule has 1 aromatic carbocycles. The number of nitrogens with zero attached hydrogens (tertiary/aromatic N) is 2. The second-order valence-corrected chi connectivity index (χ2v) is 6.56. The van der Waals surface area contributed by atoms with Crippen molar-refractivity contribution in [1.29, 1.82) is 0 Å². The minimum Gasteiger partial charge on any atom is -1.00 e. The summed E-state index contributed by atoms with van der Waals surface area (Å²) >= 11 is 6.22. The van der Waals surface area contributed by atoms with Crippen molar-refractivity contribution < 1.29 is 13.8 Å². The quantitative estimate of drug-likeness (QED) is 0.813. The largest absolute Gasteiger partial charge is 1.00 e. The first kappa shape index (κ1) is 15.2. The molecule has 0 saturated carbocycles. The van der Waals surface area contributed by atoms with Crippen molar-refractivity contribution in [3.05, 3.63) is 34.5 Å². The monoisotopic (exact) mass is 324 g/mol. The highest BCUT2D eigenvalue weighted by molar-refractivity contribution is 6.31. The van der Waals surface area contributed by atoms with Crippen LogP contribution in [0.1, 0.15) is 44.9 Å². The van der Waals surface area contributed by atoms with Crippen LogP contribution in [-0.2, 0) is 13.0 Å². The maximum Gasteiger partial charge on any atom is 1.00 e. The van der Waals surface area contributed by atoms with Gasteiger partial charge in [-0.25, -0.2) is 0 Å². The van der Waals surface area contributed by atoms with Crippen molar-refractivity contribution >= 4 is 22.5 Å². The predicted octanol–water partition coefficient (Wildman–Crippen LogP) is 1.51. The van der Waals surface area contributed by atoms with Crippen molar-refractivity contribution in [2.75, 3.05) is 13.1 Å². The summed E-state index contributed by atoms with van der Waals surface area (Å²) in [6.07, 6.45) is 5.12. The van der Waals surface area contributed by atoms with E-state index >= 15 is 0 Å². The van der Waals surface area contributed by atoms with Gasteiger partial charge in [-0.1, -0.05) is 24.6 Å². The zero-order chi connectivity index (χ0) is 13.7. The molecule has 0 amide bonds. The van der Waals surface area contributed by atoms with E-state index in [2.05, 4.69) is 28.5 Å². The Labute approximate surface area is 139 Å². The molecule has 2 aromatic rings. The topological polar surface area (TPSA) is 8.17 Å². The zero-order valence-electron chi connectivity index (χ0n) is 13.4. The molecule has 4 heteroatoms. The van der Waals surface area contributed by atoms with Gasteiger partial charge in [-0.15, -0.1) is 0 Å². The van der Waals surface area contributed by atoms with Crippen molar-refractivity contribution in [2.45, 2.75) is 45.2 Å². The average Bonchev–Trinajstić information content (AvgIpc) is 2.77. The second kappa shape index (κ2) is 5.83. The summed E-state index contributed by atoms with van der Waals surface area (Å²) in [4.78, 5) is 2.69. The lowest BCUT2D eigenvalue weighted by atomic mass is 9.89. The van der Waals surface area contributed by atoms with Gasteiger partial charge in [0.25, 0.3) is 0 Å². The summed E-state index contributed by atoms with van der Waals surface area (Å²) in [5.41, 5.74) is 4.53. The second-order valence-electron chi connectivity index (χ2n) is 6.12. The maximum atomic E-state index is 6.22. The summed E-state index contributed by atoms with van der Waals surface area (Å²) in [7, 11) is 0. The Bertz CT molecular complexity index is 668. The molecule has 1 aliphatic heterocycles. The fraction of sp³-hybridized carbons (Fsp3) is 0.529. The van der Waals surface area contributed by atoms with E-state index in [0.717, 1.165) is 11.6 Å². The lowest BCUT2D eigenvalue weighted by Gasteiger charge is -2.39. The van der Waals surface area contributed by atoms with Crippen LogP contribution in [0, 0.1) is 0 Å². The Morgan fingerprint density at radius 2 is 2.19 bits per heavy atom. The first-order valence-electron chi connectivity index (χ1n) is 7.84. The molecule has 0 saturated heterocycles. The predicted molar refractivity (Wildman–Crippen MR) is 85.6 cm³/mol. The highest BCUT2D eigenvalue weighted by atomic mass is 35.5. The fourth-order valence-electron chi connectivity index (χ4n) is 4.20. The third-order valence-electron chi connectivity index (χ3n) is 4.96. The molecule has 114 valence electrons. The summed E-state index contributed by atoms with van der Waals surface area (Å²) in [5.74, 6) is 0. The molecule has 2 nitrogen and oxygen atoms in total. The van der Waals surface area contributed by atoms with Gasteiger partial charge >= 0.3 is 1.43 Å². The van der Waals surface area contributed by atoms with E-state index in [4.69, 9.17) is 11.6 Å². The van der Waals surface area contributed by atoms with E-state index in [1.54, 1.807) is 11.3 Å². The van der Waals surface area contributed by atoms with Crippen molar-refractivity contribution in [1.82, 2.24) is 9.47 Å². The van der Waals surface area contributed by atoms with E-state index in [9.17, 15) is 0 Å². The number of benzene rings is 1. The lowest BCUT2D eigenvalue weighted by molar-refractivity contribution is -0.00000398. The number of hydrogen-bond donors (Lipinski definition) is 0. The normalized spacial score (nSPS) is 21.1. The van der Waals surface area contributed by atoms with Crippen LogP contribution in [0.25, 0.3) is 10.9 Å². The SMILES string of the molecule is CCCN1CCn2c3c(c4ccc(Cl)cc42)CCCC31.[Cl-].[H+]. The number of aromatic nitrogens is 1. The Hall–Kier alpha value is -0.700. The van der Waals surface area contributed by atoms with Gasteiger partial charge in [-0.3, -0.25) is 4.90 Å². The van der Waals surface area contributed by atoms with E-state index < -0.39 is 0 Å². The lowest BCUT2D eigenvalue weighted by Crippen LogP contribution is -3.00. The van der Waals surface area contributed by atoms with Gasteiger partial charge in [0, 0.05) is 29.2 Å². The van der Waals surface area contributed by atoms with Crippen molar-refractivity contribution in [2.24, 2.45) is 0 Å². The van der Waals surface area contributed by atoms with Crippen LogP contribution in [0.5, 0.6) is 0 Å². The third-order valence-corrected chi connectivity index (χ3v) is 5.19. The number of rotatable bonds is 2. The molecule has 1 atom stereocenters. The molecule has 1 unspecified atom stereocenters. The molecular weight excluding hydrogens is 303 g/mol. The summed E-state index contributed by atoms with van der Waals surface area (Å²) in [6, 6.07) is 7.06. The standard InChI is InChI=1S/C17H21ClN2.ClH/c1-2-8-19-9-10-20-16-11-12(18)6-7-13(16)14-4-3-5-15(19)17(14)20;/h6-7,11,15H,2-5,8-10H2,1H3;1H. The van der Waals surface area contributed by atoms with E-state index in [-0.39, 0.29) is 13.8 Å². The molecule has 4 rings (SSSR count). The van der Waals surface area contributed by atoms with Gasteiger partial charge in [0.15, 0.2) is 0 Å². The molecular formula is C17H22Cl2N2. The summed E-state index contributed by atoms with van der Waals surface area (Å²) in [6.45, 7) is 5.81. The van der Waals surface area contributed by atoms with Crippen LogP contribution >= 0.6 is 11.6 Å². The zero-order valence-corrected chi connectivity index (χ0v) is 13.9. The van der Waals surface area contributed by atoms with E-state index in [1.807, 2.05) is 6.07 Å². The van der Waals surface area contributed by atoms with Gasteiger partial charge in [0.05, 0.1) is 11.6 Å². The van der Waals surface area contributed by atoms with E-state index in [1.165, 1.54) is 49.7 Å². The van der Waals surface area contributed by atoms with Crippen LogP contribution in [0.3, 0.4) is 0 Å². The molecule has 1 aromatic heterocycles. The maximum absolute atomic E-state index is 6.22. The molecule has 1 aliphatic carbocycles. The number of hydrogen-bond acceptors (Lipinski definition) is 1. The number of halogens is 2. The van der Waals surface area contributed by atoms with Crippen LogP contribution in [0.4, 0.5) is 0 Å². The first-order chi connectivity index (χ1) is 9.79. The number of aryl methyl sites for hydroxylation is 1. The summed E-state index contributed by atoms with van der Waals surface area (Å²) in [5, 5.41) is 2.29. The van der Waals surface area contributed by atoms with Crippen molar-refractivity contribution in [3.8, 4) is 0 Å². The molecule has 0 fully saturated rings. The third kappa shape index (κ3) is 2.28. The molecule has 0 bridgehead atoms. The minimum atomic E-state index is 0. The van der Waals surface area contributed by atoms with Crippen LogP contribution in [0.15, 0.2) is 18.2 Å². The molecule has 2 heterocycles. The van der Waals surface area contributed by atoms with Gasteiger partial charge in [0.2, 0.25) is 0 Å². The van der Waals surface area contributed by atoms with Crippen LogP contribution in [0.2, 0.25) is 5.02 Å². The smallest absolute Gasteiger partial charge is 1.00 e. The molecule has 2 aliphatic rings. The van der Waals surface area contributed by atoms with Gasteiger partial charge in [-0.05, 0) is 49.9 Å². The number of fused-ring (bicyclic) bond motifs is 3. The van der Waals surface area contributed by atoms with Crippen molar-refractivity contribution in [3.63, 3.8) is 0 Å². The fourth-order valence-corrected chi connectivity index (χ4v) is 4.37. The van der Waals surface area contributed by atoms with Gasteiger partial charge in [0.1, 0.15) is 0 Å². The van der Waals surface area contributed by atoms with E-state index in [0.29, 0.717) is 6.04 Å². The summed E-state index contributed by atoms with van der Waals surface area (Å²) < 4.78 is 2.55. The highest BCUT2D eigenvalue weighted by Gasteiger charge is 2.34. The Kier molecular flexibility index (Phi) is 4.22. The first-order valence-corrected chi connectivity index (χ1v) is 8.22. The Morgan fingerprint density at radius 3 is 3.00 bits per heavy atom. The Morgan fingerprint density at radius 1 is 1.33 bits per heavy atom. The molecule has 21 heavy (non-hydrogen) atoms. The van der Waals surface area contributed by atoms with Gasteiger partial charge < -0.3 is 17.0 Å². The average molecular weight is 325 g/mol. The highest BCUT2D eigenvalue weighted by Crippen LogP contribution is 2.42. The molecule has 0 N–H and O–H groups in total. The molecule has 0 radical (unpaired) electrons. The minimum absolute atomic E-state index is 0. The Balaban J connectivity index is 0.000000882. The molecule has 0 spiro atoms.